The van der Waals surface area contributed by atoms with Gasteiger partial charge in [-0.1, -0.05) is 37.3 Å². The minimum Gasteiger partial charge on any atom is -0.353 e. The highest BCUT2D eigenvalue weighted by Crippen LogP contribution is 2.11. The molecule has 3 heteroatoms. The lowest BCUT2D eigenvalue weighted by Crippen LogP contribution is -2.19. The Morgan fingerprint density at radius 3 is 2.79 bits per heavy atom. The molecule has 1 unspecified atom stereocenters. The third-order valence-corrected chi connectivity index (χ3v) is 3.26. The van der Waals surface area contributed by atoms with E-state index < -0.39 is 0 Å². The van der Waals surface area contributed by atoms with Crippen molar-refractivity contribution in [3.63, 3.8) is 0 Å². The molecule has 0 aliphatic rings. The molecule has 3 nitrogen and oxygen atoms in total. The zero-order valence-electron chi connectivity index (χ0n) is 11.8. The van der Waals surface area contributed by atoms with Crippen LogP contribution in [0.1, 0.15) is 32.3 Å². The van der Waals surface area contributed by atoms with Crippen LogP contribution in [0.2, 0.25) is 0 Å². The van der Waals surface area contributed by atoms with Gasteiger partial charge in [0.05, 0.1) is 0 Å². The topological polar surface area (TPSA) is 29.9 Å². The van der Waals surface area contributed by atoms with Crippen LogP contribution < -0.4 is 5.32 Å². The molecule has 0 amide bonds. The zero-order valence-corrected chi connectivity index (χ0v) is 11.8. The highest BCUT2D eigenvalue weighted by Gasteiger charge is 2.06. The summed E-state index contributed by atoms with van der Waals surface area (Å²) < 4.78 is 2.18. The van der Waals surface area contributed by atoms with Gasteiger partial charge in [0.25, 0.3) is 0 Å². The Labute approximate surface area is 115 Å². The first-order chi connectivity index (χ1) is 9.29. The molecule has 2 aromatic rings. The fourth-order valence-electron chi connectivity index (χ4n) is 2.19. The quantitative estimate of drug-likeness (QED) is 0.819. The minimum absolute atomic E-state index is 0.429. The third-order valence-electron chi connectivity index (χ3n) is 3.26. The molecular formula is C16H23N3. The molecule has 1 N–H and O–H groups in total. The van der Waals surface area contributed by atoms with Crippen molar-refractivity contribution in [2.75, 3.05) is 5.32 Å². The first-order valence-corrected chi connectivity index (χ1v) is 7.11. The fourth-order valence-corrected chi connectivity index (χ4v) is 2.19. The van der Waals surface area contributed by atoms with Gasteiger partial charge in [-0.2, -0.15) is 0 Å². The summed E-state index contributed by atoms with van der Waals surface area (Å²) in [6.45, 7) is 5.42. The van der Waals surface area contributed by atoms with Crippen molar-refractivity contribution in [2.45, 2.75) is 45.7 Å². The van der Waals surface area contributed by atoms with Crippen LogP contribution in [0.15, 0.2) is 42.7 Å². The molecule has 102 valence electrons. The van der Waals surface area contributed by atoms with Gasteiger partial charge < -0.3 is 9.88 Å². The highest BCUT2D eigenvalue weighted by atomic mass is 15.2. The van der Waals surface area contributed by atoms with E-state index in [1.807, 2.05) is 12.4 Å². The molecule has 0 fully saturated rings. The van der Waals surface area contributed by atoms with Crippen molar-refractivity contribution in [3.8, 4) is 0 Å². The summed E-state index contributed by atoms with van der Waals surface area (Å²) in [5.41, 5.74) is 1.40. The number of benzene rings is 1. The second-order valence-electron chi connectivity index (χ2n) is 5.01. The van der Waals surface area contributed by atoms with E-state index in [2.05, 4.69) is 59.0 Å². The Kier molecular flexibility index (Phi) is 5.01. The van der Waals surface area contributed by atoms with Crippen LogP contribution in [0, 0.1) is 0 Å². The number of rotatable bonds is 7. The highest BCUT2D eigenvalue weighted by molar-refractivity contribution is 5.27. The summed E-state index contributed by atoms with van der Waals surface area (Å²) in [6.07, 6.45) is 7.24. The molecule has 0 saturated heterocycles. The standard InChI is InChI=1S/C16H23N3/c1-3-12-19-13-11-17-16(19)18-14(2)9-10-15-7-5-4-6-8-15/h4-8,11,13-14H,3,9-10,12H2,1-2H3,(H,17,18). The smallest absolute Gasteiger partial charge is 0.202 e. The van der Waals surface area contributed by atoms with Gasteiger partial charge in [0.15, 0.2) is 0 Å². The normalized spacial score (nSPS) is 12.3. The number of nitrogens with one attached hydrogen (secondary N) is 1. The van der Waals surface area contributed by atoms with Gasteiger partial charge in [0.2, 0.25) is 5.95 Å². The van der Waals surface area contributed by atoms with Crippen molar-refractivity contribution in [1.82, 2.24) is 9.55 Å². The summed E-state index contributed by atoms with van der Waals surface area (Å²) >= 11 is 0. The number of hydrogen-bond donors (Lipinski definition) is 1. The van der Waals surface area contributed by atoms with Crippen molar-refractivity contribution in [1.29, 1.82) is 0 Å². The number of hydrogen-bond acceptors (Lipinski definition) is 2. The maximum atomic E-state index is 4.38. The number of nitrogens with zero attached hydrogens (tertiary/aromatic N) is 2. The number of imidazole rings is 1. The maximum Gasteiger partial charge on any atom is 0.202 e. The van der Waals surface area contributed by atoms with Gasteiger partial charge in [-0.3, -0.25) is 0 Å². The zero-order chi connectivity index (χ0) is 13.5. The maximum absolute atomic E-state index is 4.38. The van der Waals surface area contributed by atoms with E-state index in [9.17, 15) is 0 Å². The predicted octanol–water partition coefficient (Wildman–Crippen LogP) is 3.73. The van der Waals surface area contributed by atoms with E-state index >= 15 is 0 Å². The molecule has 1 aromatic heterocycles. The van der Waals surface area contributed by atoms with Gasteiger partial charge in [0, 0.05) is 25.0 Å². The summed E-state index contributed by atoms with van der Waals surface area (Å²) in [6, 6.07) is 11.1. The summed E-state index contributed by atoms with van der Waals surface area (Å²) in [7, 11) is 0. The third kappa shape index (κ3) is 4.12. The van der Waals surface area contributed by atoms with Crippen LogP contribution in [0.5, 0.6) is 0 Å². The van der Waals surface area contributed by atoms with E-state index in [0.29, 0.717) is 6.04 Å². The predicted molar refractivity (Wildman–Crippen MR) is 80.4 cm³/mol. The minimum atomic E-state index is 0.429. The largest absolute Gasteiger partial charge is 0.353 e. The molecule has 0 saturated carbocycles. The molecule has 0 spiro atoms. The average molecular weight is 257 g/mol. The Hall–Kier alpha value is -1.77. The molecule has 2 rings (SSSR count). The van der Waals surface area contributed by atoms with E-state index in [1.54, 1.807) is 0 Å². The van der Waals surface area contributed by atoms with E-state index in [4.69, 9.17) is 0 Å². The Morgan fingerprint density at radius 1 is 1.26 bits per heavy atom. The van der Waals surface area contributed by atoms with E-state index in [0.717, 1.165) is 31.8 Å². The monoisotopic (exact) mass is 257 g/mol. The lowest BCUT2D eigenvalue weighted by atomic mass is 10.1. The molecule has 0 aliphatic carbocycles. The molecular weight excluding hydrogens is 234 g/mol. The second-order valence-corrected chi connectivity index (χ2v) is 5.01. The number of anilines is 1. The second kappa shape index (κ2) is 6.98. The molecule has 0 bridgehead atoms. The first-order valence-electron chi connectivity index (χ1n) is 7.11. The van der Waals surface area contributed by atoms with E-state index in [-0.39, 0.29) is 0 Å². The number of aryl methyl sites for hydroxylation is 2. The lowest BCUT2D eigenvalue weighted by molar-refractivity contribution is 0.652. The van der Waals surface area contributed by atoms with Gasteiger partial charge in [-0.25, -0.2) is 4.98 Å². The van der Waals surface area contributed by atoms with Gasteiger partial charge in [-0.05, 0) is 31.7 Å². The van der Waals surface area contributed by atoms with Gasteiger partial charge in [-0.15, -0.1) is 0 Å². The molecule has 1 aromatic carbocycles. The lowest BCUT2D eigenvalue weighted by Gasteiger charge is -2.15. The summed E-state index contributed by atoms with van der Waals surface area (Å²) in [5, 5.41) is 3.50. The molecule has 19 heavy (non-hydrogen) atoms. The molecule has 1 atom stereocenters. The molecule has 1 heterocycles. The van der Waals surface area contributed by atoms with Crippen molar-refractivity contribution < 1.29 is 0 Å². The van der Waals surface area contributed by atoms with Crippen molar-refractivity contribution in [3.05, 3.63) is 48.3 Å². The van der Waals surface area contributed by atoms with Crippen molar-refractivity contribution >= 4 is 5.95 Å². The Balaban J connectivity index is 1.84. The Morgan fingerprint density at radius 2 is 2.05 bits per heavy atom. The van der Waals surface area contributed by atoms with Crippen LogP contribution in [0.4, 0.5) is 5.95 Å². The number of aromatic nitrogens is 2. The van der Waals surface area contributed by atoms with Crippen LogP contribution in [-0.2, 0) is 13.0 Å². The summed E-state index contributed by atoms with van der Waals surface area (Å²) in [4.78, 5) is 4.38. The van der Waals surface area contributed by atoms with Crippen LogP contribution in [0.25, 0.3) is 0 Å². The fraction of sp³-hybridized carbons (Fsp3) is 0.438. The molecule has 0 radical (unpaired) electrons. The molecule has 0 aliphatic heterocycles. The van der Waals surface area contributed by atoms with E-state index in [1.165, 1.54) is 5.56 Å². The first kappa shape index (κ1) is 13.7. The van der Waals surface area contributed by atoms with Gasteiger partial charge in [0.1, 0.15) is 0 Å². The van der Waals surface area contributed by atoms with Gasteiger partial charge >= 0.3 is 0 Å². The van der Waals surface area contributed by atoms with Crippen molar-refractivity contribution in [2.24, 2.45) is 0 Å². The average Bonchev–Trinajstić information content (AvgIpc) is 2.85. The van der Waals surface area contributed by atoms with Crippen LogP contribution in [-0.4, -0.2) is 15.6 Å². The SMILES string of the molecule is CCCn1ccnc1NC(C)CCc1ccccc1. The Bertz CT molecular complexity index is 476. The van der Waals surface area contributed by atoms with Crippen LogP contribution in [0.3, 0.4) is 0 Å². The summed E-state index contributed by atoms with van der Waals surface area (Å²) in [5.74, 6) is 0.988. The van der Waals surface area contributed by atoms with Crippen LogP contribution >= 0.6 is 0 Å².